The molecule has 0 aromatic heterocycles. The molecule has 3 heteroatoms. The fourth-order valence-corrected chi connectivity index (χ4v) is 4.99. The number of esters is 1. The highest BCUT2D eigenvalue weighted by molar-refractivity contribution is 6.12. The Balaban J connectivity index is 1.87. The number of fused-ring (bicyclic) bond motifs is 3. The molecule has 4 aliphatic rings. The van der Waals surface area contributed by atoms with Crippen LogP contribution >= 0.6 is 0 Å². The summed E-state index contributed by atoms with van der Waals surface area (Å²) in [5.74, 6) is 2.15. The number of hydrogen-bond donors (Lipinski definition) is 0. The molecule has 14 heavy (non-hydrogen) atoms. The van der Waals surface area contributed by atoms with Gasteiger partial charge in [0.1, 0.15) is 5.41 Å². The Kier molecular flexibility index (Phi) is 0.942. The number of rotatable bonds is 1. The number of methoxy groups -OCH3 is 1. The van der Waals surface area contributed by atoms with E-state index in [0.717, 1.165) is 6.42 Å². The van der Waals surface area contributed by atoms with Crippen molar-refractivity contribution < 1.29 is 14.3 Å². The maximum atomic E-state index is 12.1. The van der Waals surface area contributed by atoms with Crippen molar-refractivity contribution in [1.29, 1.82) is 0 Å². The second kappa shape index (κ2) is 1.77. The van der Waals surface area contributed by atoms with Crippen molar-refractivity contribution in [2.75, 3.05) is 7.11 Å². The topological polar surface area (TPSA) is 43.4 Å². The number of hydrogen-bond acceptors (Lipinski definition) is 3. The van der Waals surface area contributed by atoms with E-state index < -0.39 is 5.41 Å². The van der Waals surface area contributed by atoms with E-state index in [1.807, 2.05) is 0 Å². The van der Waals surface area contributed by atoms with Gasteiger partial charge in [0.05, 0.1) is 7.11 Å². The summed E-state index contributed by atoms with van der Waals surface area (Å²) in [6.45, 7) is 0. The minimum atomic E-state index is -0.634. The van der Waals surface area contributed by atoms with E-state index in [1.165, 1.54) is 13.5 Å². The zero-order valence-corrected chi connectivity index (χ0v) is 8.03. The molecule has 4 aliphatic carbocycles. The summed E-state index contributed by atoms with van der Waals surface area (Å²) in [5.41, 5.74) is -0.634. The summed E-state index contributed by atoms with van der Waals surface area (Å²) in [6, 6.07) is 0. The van der Waals surface area contributed by atoms with Crippen molar-refractivity contribution in [3.05, 3.63) is 0 Å². The largest absolute Gasteiger partial charge is 0.468 e. The number of Topliss-reactive ketones (excluding diaryl/α,β-unsaturated/α-hetero) is 1. The number of ketones is 1. The van der Waals surface area contributed by atoms with Gasteiger partial charge in [0, 0.05) is 5.92 Å². The van der Waals surface area contributed by atoms with Gasteiger partial charge < -0.3 is 4.74 Å². The zero-order chi connectivity index (χ0) is 9.66. The Labute approximate surface area is 81.8 Å². The molecular formula is C11H12O3. The number of carbonyl (C=O) groups is 2. The van der Waals surface area contributed by atoms with Crippen LogP contribution in [0.2, 0.25) is 0 Å². The molecule has 6 unspecified atom stereocenters. The lowest BCUT2D eigenvalue weighted by Gasteiger charge is -2.23. The molecule has 74 valence electrons. The fourth-order valence-electron chi connectivity index (χ4n) is 4.99. The molecule has 0 saturated heterocycles. The molecule has 4 saturated carbocycles. The highest BCUT2D eigenvalue weighted by atomic mass is 16.5. The van der Waals surface area contributed by atoms with Gasteiger partial charge in [-0.05, 0) is 36.5 Å². The fraction of sp³-hybridized carbons (Fsp3) is 0.818. The first-order chi connectivity index (χ1) is 6.72. The van der Waals surface area contributed by atoms with Gasteiger partial charge >= 0.3 is 5.97 Å². The van der Waals surface area contributed by atoms with E-state index in [-0.39, 0.29) is 17.7 Å². The highest BCUT2D eigenvalue weighted by Gasteiger charge is 2.89. The molecule has 0 N–H and O–H groups in total. The Morgan fingerprint density at radius 3 is 2.79 bits per heavy atom. The van der Waals surface area contributed by atoms with E-state index in [2.05, 4.69) is 0 Å². The standard InChI is InChI=1S/C11H12O3/c1-14-10(13)11-7-4-2-5(8(7)11)6(3-4)9(11)12/h4-8H,2-3H2,1H3. The Morgan fingerprint density at radius 2 is 2.21 bits per heavy atom. The predicted molar refractivity (Wildman–Crippen MR) is 46.1 cm³/mol. The molecule has 0 aromatic carbocycles. The average Bonchev–Trinajstić information content (AvgIpc) is 2.48. The third kappa shape index (κ3) is 0.438. The molecular weight excluding hydrogens is 180 g/mol. The van der Waals surface area contributed by atoms with Crippen LogP contribution < -0.4 is 0 Å². The summed E-state index contributed by atoms with van der Waals surface area (Å²) >= 11 is 0. The third-order valence-corrected chi connectivity index (χ3v) is 5.21. The molecule has 4 fully saturated rings. The van der Waals surface area contributed by atoms with Gasteiger partial charge in [-0.25, -0.2) is 0 Å². The van der Waals surface area contributed by atoms with Crippen LogP contribution in [0.1, 0.15) is 12.8 Å². The summed E-state index contributed by atoms with van der Waals surface area (Å²) in [7, 11) is 1.40. The van der Waals surface area contributed by atoms with E-state index >= 15 is 0 Å². The molecule has 0 spiro atoms. The van der Waals surface area contributed by atoms with Crippen LogP contribution in [0.3, 0.4) is 0 Å². The van der Waals surface area contributed by atoms with Crippen molar-refractivity contribution in [1.82, 2.24) is 0 Å². The number of ether oxygens (including phenoxy) is 1. The monoisotopic (exact) mass is 192 g/mol. The lowest BCUT2D eigenvalue weighted by Crippen LogP contribution is -2.35. The van der Waals surface area contributed by atoms with Crippen molar-refractivity contribution in [3.63, 3.8) is 0 Å². The first-order valence-corrected chi connectivity index (χ1v) is 5.35. The van der Waals surface area contributed by atoms with Crippen molar-refractivity contribution >= 4 is 11.8 Å². The smallest absolute Gasteiger partial charge is 0.319 e. The van der Waals surface area contributed by atoms with Crippen LogP contribution in [0.4, 0.5) is 0 Å². The van der Waals surface area contributed by atoms with Crippen LogP contribution in [0.25, 0.3) is 0 Å². The van der Waals surface area contributed by atoms with E-state index in [4.69, 9.17) is 4.74 Å². The van der Waals surface area contributed by atoms with E-state index in [9.17, 15) is 9.59 Å². The van der Waals surface area contributed by atoms with Crippen molar-refractivity contribution in [3.8, 4) is 0 Å². The average molecular weight is 192 g/mol. The Bertz CT molecular complexity index is 369. The van der Waals surface area contributed by atoms with Gasteiger partial charge in [-0.15, -0.1) is 0 Å². The minimum Gasteiger partial charge on any atom is -0.468 e. The van der Waals surface area contributed by atoms with E-state index in [0.29, 0.717) is 23.7 Å². The van der Waals surface area contributed by atoms with Gasteiger partial charge in [-0.3, -0.25) is 9.59 Å². The van der Waals surface area contributed by atoms with Gasteiger partial charge in [-0.2, -0.15) is 0 Å². The lowest BCUT2D eigenvalue weighted by atomic mass is 9.79. The molecule has 4 rings (SSSR count). The van der Waals surface area contributed by atoms with Crippen LogP contribution in [0, 0.1) is 35.0 Å². The normalized spacial score (nSPS) is 60.6. The second-order valence-electron chi connectivity index (χ2n) is 5.28. The molecule has 6 atom stereocenters. The molecule has 0 heterocycles. The van der Waals surface area contributed by atoms with E-state index in [1.54, 1.807) is 0 Å². The molecule has 2 bridgehead atoms. The summed E-state index contributed by atoms with van der Waals surface area (Å²) in [5, 5.41) is 0. The second-order valence-corrected chi connectivity index (χ2v) is 5.28. The molecule has 0 aliphatic heterocycles. The SMILES string of the molecule is COC(=O)C12C(=O)C3CC4CC3C1C42. The highest BCUT2D eigenvalue weighted by Crippen LogP contribution is 2.84. The summed E-state index contributed by atoms with van der Waals surface area (Å²) < 4.78 is 4.81. The quantitative estimate of drug-likeness (QED) is 0.452. The first-order valence-electron chi connectivity index (χ1n) is 5.35. The third-order valence-electron chi connectivity index (χ3n) is 5.21. The lowest BCUT2D eigenvalue weighted by molar-refractivity contribution is -0.154. The van der Waals surface area contributed by atoms with Crippen LogP contribution in [0.5, 0.6) is 0 Å². The summed E-state index contributed by atoms with van der Waals surface area (Å²) in [6.07, 6.45) is 2.26. The maximum Gasteiger partial charge on any atom is 0.319 e. The van der Waals surface area contributed by atoms with Gasteiger partial charge in [0.15, 0.2) is 5.78 Å². The number of carbonyl (C=O) groups excluding carboxylic acids is 2. The van der Waals surface area contributed by atoms with Gasteiger partial charge in [-0.1, -0.05) is 0 Å². The Hall–Kier alpha value is -0.860. The van der Waals surface area contributed by atoms with Gasteiger partial charge in [0.25, 0.3) is 0 Å². The van der Waals surface area contributed by atoms with Crippen LogP contribution in [-0.4, -0.2) is 18.9 Å². The molecule has 0 amide bonds. The van der Waals surface area contributed by atoms with Crippen LogP contribution in [-0.2, 0) is 14.3 Å². The van der Waals surface area contributed by atoms with Crippen molar-refractivity contribution in [2.45, 2.75) is 12.8 Å². The summed E-state index contributed by atoms with van der Waals surface area (Å²) in [4.78, 5) is 23.8. The molecule has 0 aromatic rings. The first kappa shape index (κ1) is 7.43. The maximum absolute atomic E-state index is 12.1. The Morgan fingerprint density at radius 1 is 1.43 bits per heavy atom. The van der Waals surface area contributed by atoms with Crippen molar-refractivity contribution in [2.24, 2.45) is 35.0 Å². The predicted octanol–water partition coefficient (Wildman–Crippen LogP) is 0.630. The molecule has 3 nitrogen and oxygen atoms in total. The minimum absolute atomic E-state index is 0.217. The molecule has 0 radical (unpaired) electrons. The van der Waals surface area contributed by atoms with Gasteiger partial charge in [0.2, 0.25) is 0 Å². The van der Waals surface area contributed by atoms with Crippen LogP contribution in [0.15, 0.2) is 0 Å². The zero-order valence-electron chi connectivity index (χ0n) is 8.03.